The summed E-state index contributed by atoms with van der Waals surface area (Å²) < 4.78 is 1.70. The first-order valence-corrected chi connectivity index (χ1v) is 3.09. The molecule has 1 aromatic rings. The zero-order valence-electron chi connectivity index (χ0n) is 5.96. The summed E-state index contributed by atoms with van der Waals surface area (Å²) in [6.45, 7) is 0.223. The van der Waals surface area contributed by atoms with Crippen LogP contribution < -0.4 is 4.57 Å². The van der Waals surface area contributed by atoms with Gasteiger partial charge in [-0.05, 0) is 0 Å². The van der Waals surface area contributed by atoms with Crippen molar-refractivity contribution in [1.29, 1.82) is 0 Å². The molecule has 1 aromatic heterocycles. The summed E-state index contributed by atoms with van der Waals surface area (Å²) in [6.07, 6.45) is 2.28. The minimum absolute atomic E-state index is 0. The van der Waals surface area contributed by atoms with Gasteiger partial charge in [0.15, 0.2) is 18.9 Å². The van der Waals surface area contributed by atoms with Crippen LogP contribution in [0.25, 0.3) is 0 Å². The lowest BCUT2D eigenvalue weighted by Gasteiger charge is -1.96. The van der Waals surface area contributed by atoms with Gasteiger partial charge in [0.2, 0.25) is 6.29 Å². The fourth-order valence-electron chi connectivity index (χ4n) is 0.745. The van der Waals surface area contributed by atoms with Crippen molar-refractivity contribution in [1.82, 2.24) is 0 Å². The number of aromatic nitrogens is 1. The molecular weight excluding hydrogens is 146 g/mol. The molecule has 3 N–H and O–H groups in total. The first-order chi connectivity index (χ1) is 4.79. The third-order valence-corrected chi connectivity index (χ3v) is 1.15. The Balaban J connectivity index is 0.000001000. The standard InChI is InChI=1S/C7H10NO2.H2O/c9-7(10)6-8-4-2-1-3-5-8;/h1-5,7,9-10H,6H2;1H2/q+1;/p-1. The second-order valence-corrected chi connectivity index (χ2v) is 2.05. The van der Waals surface area contributed by atoms with E-state index >= 15 is 0 Å². The van der Waals surface area contributed by atoms with Crippen molar-refractivity contribution in [3.05, 3.63) is 30.6 Å². The maximum absolute atomic E-state index is 8.54. The van der Waals surface area contributed by atoms with E-state index in [0.29, 0.717) is 0 Å². The molecule has 0 saturated carbocycles. The number of pyridine rings is 1. The molecule has 0 saturated heterocycles. The average molecular weight is 157 g/mol. The highest BCUT2D eigenvalue weighted by Gasteiger charge is 2.03. The van der Waals surface area contributed by atoms with Crippen molar-refractivity contribution in [3.8, 4) is 0 Å². The molecule has 0 aliphatic carbocycles. The molecule has 0 atom stereocenters. The van der Waals surface area contributed by atoms with Crippen molar-refractivity contribution in [3.63, 3.8) is 0 Å². The summed E-state index contributed by atoms with van der Waals surface area (Å²) in [5.74, 6) is 0. The van der Waals surface area contributed by atoms with Crippen molar-refractivity contribution in [2.45, 2.75) is 12.8 Å². The van der Waals surface area contributed by atoms with Gasteiger partial charge in [-0.1, -0.05) is 6.07 Å². The molecule has 1 rings (SSSR count). The molecule has 1 heterocycles. The maximum atomic E-state index is 8.54. The molecule has 0 unspecified atom stereocenters. The molecule has 0 spiro atoms. The van der Waals surface area contributed by atoms with Gasteiger partial charge in [-0.2, -0.15) is 4.57 Å². The van der Waals surface area contributed by atoms with Gasteiger partial charge in [0, 0.05) is 12.1 Å². The van der Waals surface area contributed by atoms with Crippen LogP contribution in [0.3, 0.4) is 0 Å². The van der Waals surface area contributed by atoms with Gasteiger partial charge >= 0.3 is 0 Å². The van der Waals surface area contributed by atoms with E-state index in [-0.39, 0.29) is 12.0 Å². The molecule has 0 fully saturated rings. The summed E-state index contributed by atoms with van der Waals surface area (Å²) in [6, 6.07) is 5.55. The quantitative estimate of drug-likeness (QED) is 0.432. The first kappa shape index (κ1) is 10.0. The van der Waals surface area contributed by atoms with Crippen LogP contribution in [0, 0.1) is 0 Å². The van der Waals surface area contributed by atoms with Crippen LogP contribution in [0.1, 0.15) is 0 Å². The summed E-state index contributed by atoms with van der Waals surface area (Å²) in [5, 5.41) is 17.1. The van der Waals surface area contributed by atoms with Gasteiger partial charge in [0.1, 0.15) is 0 Å². The SMILES string of the molecule is OC(O)C[n+]1ccccc1.[OH-]. The highest BCUT2D eigenvalue weighted by molar-refractivity contribution is 4.83. The Morgan fingerprint density at radius 1 is 1.09 bits per heavy atom. The van der Waals surface area contributed by atoms with Crippen molar-refractivity contribution < 1.29 is 20.3 Å². The Kier molecular flexibility index (Phi) is 4.36. The second kappa shape index (κ2) is 4.79. The predicted molar refractivity (Wildman–Crippen MR) is 36.8 cm³/mol. The number of rotatable bonds is 2. The van der Waals surface area contributed by atoms with Crippen LogP contribution in [-0.2, 0) is 6.54 Å². The normalized spacial score (nSPS) is 9.36. The van der Waals surface area contributed by atoms with E-state index in [1.165, 1.54) is 0 Å². The van der Waals surface area contributed by atoms with Gasteiger partial charge in [-0.25, -0.2) is 0 Å². The lowest BCUT2D eigenvalue weighted by molar-refractivity contribution is -0.709. The third kappa shape index (κ3) is 3.67. The fraction of sp³-hybridized carbons (Fsp3) is 0.286. The Labute approximate surface area is 64.7 Å². The predicted octanol–water partition coefficient (Wildman–Crippen LogP) is -0.892. The Bertz CT molecular complexity index is 188. The van der Waals surface area contributed by atoms with E-state index in [2.05, 4.69) is 0 Å². The van der Waals surface area contributed by atoms with Crippen LogP contribution in [0.2, 0.25) is 0 Å². The zero-order chi connectivity index (χ0) is 7.40. The van der Waals surface area contributed by atoms with Crippen LogP contribution >= 0.6 is 0 Å². The molecule has 4 nitrogen and oxygen atoms in total. The highest BCUT2D eigenvalue weighted by Crippen LogP contribution is 1.78. The molecule has 0 aliphatic heterocycles. The first-order valence-electron chi connectivity index (χ1n) is 3.09. The number of hydrogen-bond acceptors (Lipinski definition) is 3. The van der Waals surface area contributed by atoms with E-state index in [0.717, 1.165) is 0 Å². The molecule has 4 heteroatoms. The van der Waals surface area contributed by atoms with Crippen molar-refractivity contribution >= 4 is 0 Å². The molecule has 11 heavy (non-hydrogen) atoms. The second-order valence-electron chi connectivity index (χ2n) is 2.05. The number of hydrogen-bond donors (Lipinski definition) is 2. The van der Waals surface area contributed by atoms with E-state index in [9.17, 15) is 0 Å². The van der Waals surface area contributed by atoms with Gasteiger partial charge in [-0.3, -0.25) is 0 Å². The number of aliphatic hydroxyl groups excluding tert-OH is 1. The van der Waals surface area contributed by atoms with Crippen molar-refractivity contribution in [2.75, 3.05) is 0 Å². The zero-order valence-corrected chi connectivity index (χ0v) is 5.96. The molecule has 0 radical (unpaired) electrons. The van der Waals surface area contributed by atoms with E-state index in [4.69, 9.17) is 10.2 Å². The molecule has 0 bridgehead atoms. The van der Waals surface area contributed by atoms with Gasteiger partial charge in [0.05, 0.1) is 0 Å². The van der Waals surface area contributed by atoms with Gasteiger partial charge < -0.3 is 15.7 Å². The maximum Gasteiger partial charge on any atom is 0.212 e. The van der Waals surface area contributed by atoms with Crippen LogP contribution in [0.4, 0.5) is 0 Å². The van der Waals surface area contributed by atoms with Crippen molar-refractivity contribution in [2.24, 2.45) is 0 Å². The van der Waals surface area contributed by atoms with E-state index < -0.39 is 6.29 Å². The number of aliphatic hydroxyl groups is 2. The fourth-order valence-corrected chi connectivity index (χ4v) is 0.745. The molecule has 0 amide bonds. The minimum Gasteiger partial charge on any atom is -0.870 e. The third-order valence-electron chi connectivity index (χ3n) is 1.15. The lowest BCUT2D eigenvalue weighted by atomic mass is 10.5. The topological polar surface area (TPSA) is 74.3 Å². The number of nitrogens with zero attached hydrogens (tertiary/aromatic N) is 1. The van der Waals surface area contributed by atoms with E-state index in [1.54, 1.807) is 17.0 Å². The molecule has 0 aromatic carbocycles. The van der Waals surface area contributed by atoms with Gasteiger partial charge in [0.25, 0.3) is 0 Å². The smallest absolute Gasteiger partial charge is 0.212 e. The Morgan fingerprint density at radius 2 is 1.64 bits per heavy atom. The van der Waals surface area contributed by atoms with E-state index in [1.807, 2.05) is 18.2 Å². The van der Waals surface area contributed by atoms with Crippen LogP contribution in [-0.4, -0.2) is 22.0 Å². The molecular formula is C7H11NO3. The summed E-state index contributed by atoms with van der Waals surface area (Å²) in [7, 11) is 0. The van der Waals surface area contributed by atoms with Crippen LogP contribution in [0.15, 0.2) is 30.6 Å². The molecule has 62 valence electrons. The monoisotopic (exact) mass is 157 g/mol. The molecule has 0 aliphatic rings. The van der Waals surface area contributed by atoms with Crippen LogP contribution in [0.5, 0.6) is 0 Å². The van der Waals surface area contributed by atoms with Gasteiger partial charge in [-0.15, -0.1) is 0 Å². The largest absolute Gasteiger partial charge is 0.870 e. The Hall–Kier alpha value is -0.970. The summed E-state index contributed by atoms with van der Waals surface area (Å²) >= 11 is 0. The summed E-state index contributed by atoms with van der Waals surface area (Å²) in [5.41, 5.74) is 0. The Morgan fingerprint density at radius 3 is 2.09 bits per heavy atom. The summed E-state index contributed by atoms with van der Waals surface area (Å²) in [4.78, 5) is 0. The highest BCUT2D eigenvalue weighted by atomic mass is 16.5. The minimum atomic E-state index is -1.27. The lowest BCUT2D eigenvalue weighted by Crippen LogP contribution is -2.38. The average Bonchev–Trinajstić information content (AvgIpc) is 1.88.